The molecule has 1 amide bonds. The van der Waals surface area contributed by atoms with E-state index in [2.05, 4.69) is 5.32 Å². The average Bonchev–Trinajstić information content (AvgIpc) is 2.79. The third-order valence-electron chi connectivity index (χ3n) is 2.84. The number of primary sulfonamides is 1. The van der Waals surface area contributed by atoms with Crippen molar-refractivity contribution in [2.45, 2.75) is 17.4 Å². The molecule has 2 rings (SSSR count). The number of halogens is 2. The molecule has 0 aromatic heterocycles. The van der Waals surface area contributed by atoms with E-state index in [1.807, 2.05) is 0 Å². The SMILES string of the molecule is NS(=O)(=O)c1cc(C(=O)NC2CCOC2)c(Cl)cc1Cl. The summed E-state index contributed by atoms with van der Waals surface area (Å²) < 4.78 is 27.9. The Labute approximate surface area is 126 Å². The molecular formula is C11H12Cl2N2O4S. The zero-order valence-electron chi connectivity index (χ0n) is 10.2. The minimum absolute atomic E-state index is 0.00647. The predicted molar refractivity (Wildman–Crippen MR) is 74.5 cm³/mol. The largest absolute Gasteiger partial charge is 0.379 e. The van der Waals surface area contributed by atoms with Gasteiger partial charge in [-0.1, -0.05) is 23.2 Å². The number of ether oxygens (including phenoxy) is 1. The molecule has 1 aromatic rings. The molecular weight excluding hydrogens is 327 g/mol. The van der Waals surface area contributed by atoms with Crippen molar-refractivity contribution in [3.63, 3.8) is 0 Å². The highest BCUT2D eigenvalue weighted by atomic mass is 35.5. The van der Waals surface area contributed by atoms with Crippen LogP contribution in [-0.2, 0) is 14.8 Å². The third kappa shape index (κ3) is 3.42. The first-order valence-corrected chi connectivity index (χ1v) is 7.99. The second-order valence-corrected chi connectivity index (χ2v) is 6.69. The molecule has 1 heterocycles. The summed E-state index contributed by atoms with van der Waals surface area (Å²) in [7, 11) is -4.03. The summed E-state index contributed by atoms with van der Waals surface area (Å²) in [6, 6.07) is 2.14. The molecule has 3 N–H and O–H groups in total. The van der Waals surface area contributed by atoms with Crippen LogP contribution in [0.1, 0.15) is 16.8 Å². The maximum atomic E-state index is 12.1. The van der Waals surface area contributed by atoms with Crippen molar-refractivity contribution >= 4 is 39.1 Å². The fourth-order valence-electron chi connectivity index (χ4n) is 1.83. The van der Waals surface area contributed by atoms with Crippen molar-refractivity contribution in [1.82, 2.24) is 5.32 Å². The lowest BCUT2D eigenvalue weighted by Crippen LogP contribution is -2.35. The van der Waals surface area contributed by atoms with Gasteiger partial charge in [0.2, 0.25) is 10.0 Å². The van der Waals surface area contributed by atoms with E-state index in [1.165, 1.54) is 6.07 Å². The number of hydrogen-bond donors (Lipinski definition) is 2. The summed E-state index contributed by atoms with van der Waals surface area (Å²) in [5.41, 5.74) is 0.00647. The van der Waals surface area contributed by atoms with Crippen LogP contribution >= 0.6 is 23.2 Å². The first-order valence-electron chi connectivity index (χ1n) is 5.69. The van der Waals surface area contributed by atoms with E-state index in [0.717, 1.165) is 6.07 Å². The van der Waals surface area contributed by atoms with Gasteiger partial charge in [0.05, 0.1) is 28.3 Å². The van der Waals surface area contributed by atoms with Gasteiger partial charge in [0.25, 0.3) is 5.91 Å². The number of hydrogen-bond acceptors (Lipinski definition) is 4. The number of carbonyl (C=O) groups excluding carboxylic acids is 1. The van der Waals surface area contributed by atoms with Gasteiger partial charge in [-0.15, -0.1) is 0 Å². The molecule has 0 bridgehead atoms. The Hall–Kier alpha value is -0.860. The molecule has 0 saturated carbocycles. The summed E-state index contributed by atoms with van der Waals surface area (Å²) in [6.45, 7) is 0.987. The molecule has 0 spiro atoms. The summed E-state index contributed by atoms with van der Waals surface area (Å²) in [4.78, 5) is 11.7. The zero-order valence-corrected chi connectivity index (χ0v) is 12.6. The number of amides is 1. The topological polar surface area (TPSA) is 98.5 Å². The number of carbonyl (C=O) groups is 1. The van der Waals surface area contributed by atoms with Crippen LogP contribution in [0.25, 0.3) is 0 Å². The molecule has 1 fully saturated rings. The van der Waals surface area contributed by atoms with Gasteiger partial charge in [-0.25, -0.2) is 13.6 Å². The van der Waals surface area contributed by atoms with Gasteiger partial charge >= 0.3 is 0 Å². The number of sulfonamides is 1. The fraction of sp³-hybridized carbons (Fsp3) is 0.364. The standard InChI is InChI=1S/C11H12Cl2N2O4S/c12-8-4-9(13)10(20(14,17)18)3-7(8)11(16)15-6-1-2-19-5-6/h3-4,6H,1-2,5H2,(H,15,16)(H2,14,17,18). The number of benzene rings is 1. The molecule has 6 nitrogen and oxygen atoms in total. The summed E-state index contributed by atoms with van der Waals surface area (Å²) in [6.07, 6.45) is 0.693. The molecule has 1 aliphatic heterocycles. The lowest BCUT2D eigenvalue weighted by atomic mass is 10.2. The lowest BCUT2D eigenvalue weighted by molar-refractivity contribution is 0.0930. The second kappa shape index (κ2) is 5.87. The van der Waals surface area contributed by atoms with Crippen molar-refractivity contribution in [3.05, 3.63) is 27.7 Å². The summed E-state index contributed by atoms with van der Waals surface area (Å²) in [5, 5.41) is 7.67. The normalized spacial score (nSPS) is 19.1. The first-order chi connectivity index (χ1) is 9.29. The monoisotopic (exact) mass is 338 g/mol. The molecule has 1 atom stereocenters. The number of rotatable bonds is 3. The maximum absolute atomic E-state index is 12.1. The van der Waals surface area contributed by atoms with E-state index < -0.39 is 15.9 Å². The van der Waals surface area contributed by atoms with Crippen LogP contribution in [0.15, 0.2) is 17.0 Å². The van der Waals surface area contributed by atoms with E-state index >= 15 is 0 Å². The van der Waals surface area contributed by atoms with Crippen LogP contribution in [0.2, 0.25) is 10.0 Å². The molecule has 110 valence electrons. The highest BCUT2D eigenvalue weighted by molar-refractivity contribution is 7.89. The van der Waals surface area contributed by atoms with Crippen molar-refractivity contribution in [3.8, 4) is 0 Å². The molecule has 20 heavy (non-hydrogen) atoms. The number of nitrogens with two attached hydrogens (primary N) is 1. The molecule has 1 saturated heterocycles. The Kier molecular flexibility index (Phi) is 4.55. The van der Waals surface area contributed by atoms with E-state index in [-0.39, 0.29) is 26.5 Å². The van der Waals surface area contributed by atoms with E-state index in [1.54, 1.807) is 0 Å². The van der Waals surface area contributed by atoms with Crippen LogP contribution < -0.4 is 10.5 Å². The van der Waals surface area contributed by atoms with Crippen LogP contribution in [0.5, 0.6) is 0 Å². The van der Waals surface area contributed by atoms with Crippen molar-refractivity contribution in [1.29, 1.82) is 0 Å². The Morgan fingerprint density at radius 1 is 1.35 bits per heavy atom. The Balaban J connectivity index is 2.33. The van der Waals surface area contributed by atoms with E-state index in [0.29, 0.717) is 19.6 Å². The van der Waals surface area contributed by atoms with Gasteiger partial charge in [-0.2, -0.15) is 0 Å². The lowest BCUT2D eigenvalue weighted by Gasteiger charge is -2.13. The molecule has 0 aliphatic carbocycles. The summed E-state index contributed by atoms with van der Waals surface area (Å²) >= 11 is 11.7. The fourth-order valence-corrected chi connectivity index (χ4v) is 3.24. The number of nitrogens with one attached hydrogen (secondary N) is 1. The first kappa shape index (κ1) is 15.5. The van der Waals surface area contributed by atoms with Gasteiger partial charge in [-0.05, 0) is 18.6 Å². The molecule has 1 aliphatic rings. The van der Waals surface area contributed by atoms with Crippen molar-refractivity contribution in [2.75, 3.05) is 13.2 Å². The van der Waals surface area contributed by atoms with E-state index in [9.17, 15) is 13.2 Å². The molecule has 1 unspecified atom stereocenters. The van der Waals surface area contributed by atoms with Crippen LogP contribution in [0.4, 0.5) is 0 Å². The Morgan fingerprint density at radius 2 is 2.05 bits per heavy atom. The molecule has 0 radical (unpaired) electrons. The average molecular weight is 339 g/mol. The second-order valence-electron chi connectivity index (χ2n) is 4.34. The highest BCUT2D eigenvalue weighted by Gasteiger charge is 2.23. The van der Waals surface area contributed by atoms with Gasteiger partial charge in [0.1, 0.15) is 4.90 Å². The Bertz CT molecular complexity index is 642. The van der Waals surface area contributed by atoms with Crippen LogP contribution in [0.3, 0.4) is 0 Å². The summed E-state index contributed by atoms with van der Waals surface area (Å²) in [5.74, 6) is -0.493. The Morgan fingerprint density at radius 3 is 2.60 bits per heavy atom. The minimum atomic E-state index is -4.03. The van der Waals surface area contributed by atoms with Gasteiger partial charge < -0.3 is 10.1 Å². The van der Waals surface area contributed by atoms with Crippen molar-refractivity contribution in [2.24, 2.45) is 5.14 Å². The van der Waals surface area contributed by atoms with Gasteiger partial charge in [-0.3, -0.25) is 4.79 Å². The van der Waals surface area contributed by atoms with Gasteiger partial charge in [0, 0.05) is 6.61 Å². The third-order valence-corrected chi connectivity index (χ3v) is 4.53. The maximum Gasteiger partial charge on any atom is 0.253 e. The van der Waals surface area contributed by atoms with E-state index in [4.69, 9.17) is 33.1 Å². The smallest absolute Gasteiger partial charge is 0.253 e. The highest BCUT2D eigenvalue weighted by Crippen LogP contribution is 2.28. The van der Waals surface area contributed by atoms with Crippen LogP contribution in [0, 0.1) is 0 Å². The van der Waals surface area contributed by atoms with Crippen molar-refractivity contribution < 1.29 is 17.9 Å². The quantitative estimate of drug-likeness (QED) is 0.863. The minimum Gasteiger partial charge on any atom is -0.379 e. The zero-order chi connectivity index (χ0) is 14.9. The predicted octanol–water partition coefficient (Wildman–Crippen LogP) is 1.16. The van der Waals surface area contributed by atoms with Gasteiger partial charge in [0.15, 0.2) is 0 Å². The molecule has 1 aromatic carbocycles. The molecule has 9 heteroatoms. The van der Waals surface area contributed by atoms with Crippen LogP contribution in [-0.4, -0.2) is 33.6 Å².